The number of aromatic nitrogens is 2. The van der Waals surface area contributed by atoms with Crippen LogP contribution in [0.4, 0.5) is 5.69 Å². The Kier molecular flexibility index (Phi) is 5.80. The van der Waals surface area contributed by atoms with Crippen molar-refractivity contribution >= 4 is 28.2 Å². The molecule has 0 aliphatic carbocycles. The molecule has 33 heavy (non-hydrogen) atoms. The molecule has 3 nitrogen and oxygen atoms in total. The van der Waals surface area contributed by atoms with Crippen LogP contribution in [0.5, 0.6) is 0 Å². The molecule has 0 radical (unpaired) electrons. The number of benzene rings is 4. The van der Waals surface area contributed by atoms with Gasteiger partial charge in [0.25, 0.3) is 0 Å². The van der Waals surface area contributed by atoms with Crippen LogP contribution in [-0.2, 0) is 6.54 Å². The Balaban J connectivity index is 1.60. The van der Waals surface area contributed by atoms with Gasteiger partial charge < -0.3 is 5.32 Å². The minimum Gasteiger partial charge on any atom is -0.381 e. The summed E-state index contributed by atoms with van der Waals surface area (Å²) >= 11 is 6.48. The van der Waals surface area contributed by atoms with Gasteiger partial charge in [0.15, 0.2) is 0 Å². The quantitative estimate of drug-likeness (QED) is 0.297. The van der Waals surface area contributed by atoms with Crippen molar-refractivity contribution in [1.29, 1.82) is 0 Å². The first-order valence-electron chi connectivity index (χ1n) is 11.0. The molecule has 5 rings (SSSR count). The largest absolute Gasteiger partial charge is 0.381 e. The van der Waals surface area contributed by atoms with E-state index in [2.05, 4.69) is 90.0 Å². The van der Waals surface area contributed by atoms with E-state index in [9.17, 15) is 0 Å². The third kappa shape index (κ3) is 4.20. The van der Waals surface area contributed by atoms with E-state index in [4.69, 9.17) is 11.6 Å². The van der Waals surface area contributed by atoms with Crippen LogP contribution in [0, 0.1) is 13.8 Å². The zero-order chi connectivity index (χ0) is 22.8. The number of hydrogen-bond donors (Lipinski definition) is 1. The Morgan fingerprint density at radius 1 is 0.758 bits per heavy atom. The second kappa shape index (κ2) is 9.05. The molecular weight excluding hydrogens is 426 g/mol. The van der Waals surface area contributed by atoms with Crippen LogP contribution >= 0.6 is 11.6 Å². The Morgan fingerprint density at radius 3 is 2.36 bits per heavy atom. The normalized spacial score (nSPS) is 11.0. The van der Waals surface area contributed by atoms with Crippen LogP contribution in [0.25, 0.3) is 33.3 Å². The van der Waals surface area contributed by atoms with Crippen molar-refractivity contribution in [2.24, 2.45) is 0 Å². The smallest absolute Gasteiger partial charge is 0.112 e. The number of halogens is 1. The van der Waals surface area contributed by atoms with Gasteiger partial charge in [0.1, 0.15) is 11.2 Å². The highest BCUT2D eigenvalue weighted by Gasteiger charge is 2.16. The van der Waals surface area contributed by atoms with E-state index in [1.165, 1.54) is 16.7 Å². The van der Waals surface area contributed by atoms with Gasteiger partial charge in [-0.3, -0.25) is 0 Å². The van der Waals surface area contributed by atoms with E-state index in [0.29, 0.717) is 10.5 Å². The molecule has 0 bridgehead atoms. The Morgan fingerprint density at radius 2 is 1.52 bits per heavy atom. The molecule has 1 N–H and O–H groups in total. The van der Waals surface area contributed by atoms with Gasteiger partial charge in [0.2, 0.25) is 0 Å². The number of anilines is 1. The number of nitrogens with zero attached hydrogens (tertiary/aromatic N) is 2. The van der Waals surface area contributed by atoms with Crippen LogP contribution < -0.4 is 5.32 Å². The highest BCUT2D eigenvalue weighted by atomic mass is 35.5. The fraction of sp³-hybridized carbons (Fsp3) is 0.103. The van der Waals surface area contributed by atoms with Crippen molar-refractivity contribution in [3.63, 3.8) is 0 Å². The lowest BCUT2D eigenvalue weighted by atomic mass is 9.95. The molecule has 0 saturated carbocycles. The Bertz CT molecular complexity index is 1440. The monoisotopic (exact) mass is 449 g/mol. The third-order valence-corrected chi connectivity index (χ3v) is 6.45. The first kappa shape index (κ1) is 21.2. The maximum atomic E-state index is 6.48. The zero-order valence-electron chi connectivity index (χ0n) is 18.6. The average molecular weight is 450 g/mol. The maximum Gasteiger partial charge on any atom is 0.112 e. The summed E-state index contributed by atoms with van der Waals surface area (Å²) in [5.41, 5.74) is 9.67. The van der Waals surface area contributed by atoms with E-state index in [0.717, 1.165) is 40.0 Å². The summed E-state index contributed by atoms with van der Waals surface area (Å²) in [6.45, 7) is 5.09. The average Bonchev–Trinajstić information content (AvgIpc) is 2.85. The van der Waals surface area contributed by atoms with Gasteiger partial charge in [-0.2, -0.15) is 0 Å². The van der Waals surface area contributed by atoms with E-state index < -0.39 is 0 Å². The van der Waals surface area contributed by atoms with Gasteiger partial charge in [-0.25, -0.2) is 0 Å². The topological polar surface area (TPSA) is 37.8 Å². The van der Waals surface area contributed by atoms with Crippen LogP contribution in [0.1, 0.15) is 16.7 Å². The lowest BCUT2D eigenvalue weighted by Gasteiger charge is -2.15. The molecule has 1 heterocycles. The molecule has 0 aliphatic heterocycles. The van der Waals surface area contributed by atoms with Crippen molar-refractivity contribution in [2.75, 3.05) is 5.32 Å². The Hall–Kier alpha value is -3.69. The number of fused-ring (bicyclic) bond motifs is 1. The maximum absolute atomic E-state index is 6.48. The van der Waals surface area contributed by atoms with E-state index in [1.807, 2.05) is 30.3 Å². The molecule has 0 fully saturated rings. The summed E-state index contributed by atoms with van der Waals surface area (Å²) in [4.78, 5) is 0. The lowest BCUT2D eigenvalue weighted by molar-refractivity contribution is 1.08. The summed E-state index contributed by atoms with van der Waals surface area (Å²) in [5, 5.41) is 14.3. The number of rotatable bonds is 5. The predicted molar refractivity (Wildman–Crippen MR) is 139 cm³/mol. The van der Waals surface area contributed by atoms with Crippen molar-refractivity contribution in [2.45, 2.75) is 20.4 Å². The number of hydrogen-bond acceptors (Lipinski definition) is 3. The van der Waals surface area contributed by atoms with Crippen LogP contribution in [0.3, 0.4) is 0 Å². The van der Waals surface area contributed by atoms with E-state index >= 15 is 0 Å². The first-order chi connectivity index (χ1) is 16.1. The van der Waals surface area contributed by atoms with E-state index in [1.54, 1.807) is 0 Å². The molecule has 1 aromatic heterocycles. The minimum atomic E-state index is 0.602. The zero-order valence-corrected chi connectivity index (χ0v) is 19.4. The molecule has 0 unspecified atom stereocenters. The second-order valence-electron chi connectivity index (χ2n) is 8.22. The van der Waals surface area contributed by atoms with Gasteiger partial charge in [-0.15, -0.1) is 10.2 Å². The molecule has 162 valence electrons. The molecule has 0 aliphatic rings. The molecule has 0 amide bonds. The number of nitrogens with one attached hydrogen (secondary N) is 1. The van der Waals surface area contributed by atoms with Crippen molar-refractivity contribution in [3.8, 4) is 22.4 Å². The fourth-order valence-electron chi connectivity index (χ4n) is 4.17. The summed E-state index contributed by atoms with van der Waals surface area (Å²) in [6.07, 6.45) is 0. The summed E-state index contributed by atoms with van der Waals surface area (Å²) in [5.74, 6) is 0. The first-order valence-corrected chi connectivity index (χ1v) is 11.4. The van der Waals surface area contributed by atoms with Crippen molar-refractivity contribution in [1.82, 2.24) is 10.2 Å². The van der Waals surface area contributed by atoms with E-state index in [-0.39, 0.29) is 0 Å². The molecule has 0 atom stereocenters. The Labute approximate surface area is 199 Å². The third-order valence-electron chi connectivity index (χ3n) is 6.14. The van der Waals surface area contributed by atoms with Gasteiger partial charge in [-0.1, -0.05) is 84.4 Å². The predicted octanol–water partition coefficient (Wildman–Crippen LogP) is 7.85. The highest BCUT2D eigenvalue weighted by Crippen LogP contribution is 2.38. The van der Waals surface area contributed by atoms with Crippen LogP contribution in [0.15, 0.2) is 91.0 Å². The van der Waals surface area contributed by atoms with Gasteiger partial charge in [0.05, 0.1) is 5.02 Å². The van der Waals surface area contributed by atoms with Gasteiger partial charge >= 0.3 is 0 Å². The molecular formula is C29H24ClN3. The molecule has 0 saturated heterocycles. The van der Waals surface area contributed by atoms with Gasteiger partial charge in [-0.05, 0) is 54.3 Å². The van der Waals surface area contributed by atoms with Gasteiger partial charge in [0, 0.05) is 28.7 Å². The van der Waals surface area contributed by atoms with Crippen LogP contribution in [-0.4, -0.2) is 10.2 Å². The van der Waals surface area contributed by atoms with Crippen LogP contribution in [0.2, 0.25) is 5.02 Å². The van der Waals surface area contributed by atoms with Crippen molar-refractivity contribution < 1.29 is 0 Å². The molecule has 4 aromatic carbocycles. The molecule has 4 heteroatoms. The summed E-state index contributed by atoms with van der Waals surface area (Å²) < 4.78 is 0. The SMILES string of the molecule is Cc1cccc(CNc2cccc(-c3c(-c4ccccc4)nnc4c(Cl)cccc34)c2)c1C. The second-order valence-corrected chi connectivity index (χ2v) is 8.63. The highest BCUT2D eigenvalue weighted by molar-refractivity contribution is 6.35. The number of aryl methyl sites for hydroxylation is 1. The standard InChI is InChI=1S/C29H24ClN3/c1-19-9-6-13-23(20(19)2)18-31-24-14-7-12-22(17-24)27-25-15-8-16-26(30)29(25)33-32-28(27)21-10-4-3-5-11-21/h3-17,31H,18H2,1-2H3. The lowest BCUT2D eigenvalue weighted by Crippen LogP contribution is -2.02. The summed E-state index contributed by atoms with van der Waals surface area (Å²) in [6, 6.07) is 31.0. The minimum absolute atomic E-state index is 0.602. The summed E-state index contributed by atoms with van der Waals surface area (Å²) in [7, 11) is 0. The van der Waals surface area contributed by atoms with Crippen molar-refractivity contribution in [3.05, 3.63) is 113 Å². The molecule has 5 aromatic rings. The fourth-order valence-corrected chi connectivity index (χ4v) is 4.38. The molecule has 0 spiro atoms.